The molecule has 1 unspecified atom stereocenters. The molecule has 4 heteroatoms. The van der Waals surface area contributed by atoms with Gasteiger partial charge in [0.25, 0.3) is 0 Å². The van der Waals surface area contributed by atoms with Gasteiger partial charge in [-0.1, -0.05) is 19.1 Å². The summed E-state index contributed by atoms with van der Waals surface area (Å²) >= 11 is 0. The van der Waals surface area contributed by atoms with Crippen LogP contribution in [-0.2, 0) is 10.2 Å². The molecule has 0 saturated carbocycles. The van der Waals surface area contributed by atoms with Crippen molar-refractivity contribution in [2.45, 2.75) is 39.0 Å². The van der Waals surface area contributed by atoms with Crippen LogP contribution in [0.25, 0.3) is 0 Å². The average Bonchev–Trinajstić information content (AvgIpc) is 2.45. The van der Waals surface area contributed by atoms with Gasteiger partial charge in [-0.3, -0.25) is 4.79 Å². The van der Waals surface area contributed by atoms with E-state index in [4.69, 9.17) is 11.0 Å². The number of carbonyl (C=O) groups excluding carboxylic acids is 1. The molecule has 3 N–H and O–H groups in total. The molecule has 0 radical (unpaired) electrons. The Morgan fingerprint density at radius 1 is 1.40 bits per heavy atom. The number of rotatable bonds is 6. The van der Waals surface area contributed by atoms with Crippen LogP contribution < -0.4 is 11.1 Å². The average molecular weight is 273 g/mol. The summed E-state index contributed by atoms with van der Waals surface area (Å²) in [6, 6.07) is 9.69. The Balaban J connectivity index is 2.67. The molecule has 0 bridgehead atoms. The summed E-state index contributed by atoms with van der Waals surface area (Å²) in [5.41, 5.74) is 6.62. The number of nitrogens with zero attached hydrogens (tertiary/aromatic N) is 1. The van der Waals surface area contributed by atoms with E-state index in [0.717, 1.165) is 24.1 Å². The maximum Gasteiger partial charge on any atom is 0.227 e. The Kier molecular flexibility index (Phi) is 5.72. The first-order valence-corrected chi connectivity index (χ1v) is 6.93. The van der Waals surface area contributed by atoms with Gasteiger partial charge >= 0.3 is 0 Å². The maximum absolute atomic E-state index is 12.0. The fraction of sp³-hybridized carbons (Fsp3) is 0.500. The zero-order chi connectivity index (χ0) is 15.2. The van der Waals surface area contributed by atoms with Gasteiger partial charge in [0.05, 0.1) is 11.5 Å². The Hall–Kier alpha value is -1.86. The van der Waals surface area contributed by atoms with Crippen LogP contribution in [0, 0.1) is 17.2 Å². The fourth-order valence-corrected chi connectivity index (χ4v) is 1.86. The second kappa shape index (κ2) is 7.06. The van der Waals surface area contributed by atoms with Gasteiger partial charge in [0, 0.05) is 11.6 Å². The quantitative estimate of drug-likeness (QED) is 0.836. The fourth-order valence-electron chi connectivity index (χ4n) is 1.86. The first-order chi connectivity index (χ1) is 9.40. The summed E-state index contributed by atoms with van der Waals surface area (Å²) in [5.74, 6) is -0.0421. The number of nitrogens with two attached hydrogens (primary N) is 1. The minimum absolute atomic E-state index is 0.00532. The van der Waals surface area contributed by atoms with E-state index in [1.54, 1.807) is 0 Å². The summed E-state index contributed by atoms with van der Waals surface area (Å²) in [6.07, 6.45) is 1.64. The molecule has 0 aliphatic carbocycles. The van der Waals surface area contributed by atoms with Gasteiger partial charge in [-0.2, -0.15) is 5.26 Å². The van der Waals surface area contributed by atoms with E-state index >= 15 is 0 Å². The molecule has 1 rings (SSSR count). The molecule has 0 spiro atoms. The lowest BCUT2D eigenvalue weighted by atomic mass is 9.86. The lowest BCUT2D eigenvalue weighted by molar-refractivity contribution is -0.119. The molecule has 0 aromatic heterocycles. The van der Waals surface area contributed by atoms with Crippen molar-refractivity contribution < 1.29 is 4.79 Å². The molecular weight excluding hydrogens is 250 g/mol. The molecule has 1 amide bonds. The van der Waals surface area contributed by atoms with Crippen LogP contribution in [-0.4, -0.2) is 12.5 Å². The normalized spacial score (nSPS) is 12.6. The molecule has 0 fully saturated rings. The van der Waals surface area contributed by atoms with Gasteiger partial charge < -0.3 is 11.1 Å². The number of benzene rings is 1. The molecular formula is C16H23N3O. The van der Waals surface area contributed by atoms with E-state index in [1.807, 2.05) is 45.0 Å². The van der Waals surface area contributed by atoms with Crippen LogP contribution in [0.2, 0.25) is 0 Å². The standard InChI is InChI=1S/C16H23N3O/c1-12(5-4-10-17)15(20)19-14-8-6-13(7-9-14)16(2,3)11-18/h6-9,12H,4-5,10,17H2,1-3H3,(H,19,20). The van der Waals surface area contributed by atoms with Crippen LogP contribution >= 0.6 is 0 Å². The van der Waals surface area contributed by atoms with Crippen molar-refractivity contribution in [1.82, 2.24) is 0 Å². The third-order valence-electron chi connectivity index (χ3n) is 3.44. The summed E-state index contributed by atoms with van der Waals surface area (Å²) in [6.45, 7) is 6.25. The minimum atomic E-state index is -0.517. The van der Waals surface area contributed by atoms with Crippen molar-refractivity contribution in [2.75, 3.05) is 11.9 Å². The first-order valence-electron chi connectivity index (χ1n) is 6.93. The molecule has 20 heavy (non-hydrogen) atoms. The van der Waals surface area contributed by atoms with Gasteiger partial charge in [0.1, 0.15) is 0 Å². The van der Waals surface area contributed by atoms with Crippen molar-refractivity contribution >= 4 is 11.6 Å². The van der Waals surface area contributed by atoms with E-state index in [9.17, 15) is 4.79 Å². The number of amides is 1. The molecule has 0 saturated heterocycles. The molecule has 1 atom stereocenters. The summed E-state index contributed by atoms with van der Waals surface area (Å²) in [5, 5.41) is 12.0. The third kappa shape index (κ3) is 4.36. The number of hydrogen-bond donors (Lipinski definition) is 2. The zero-order valence-electron chi connectivity index (χ0n) is 12.4. The number of hydrogen-bond acceptors (Lipinski definition) is 3. The number of anilines is 1. The lowest BCUT2D eigenvalue weighted by Gasteiger charge is -2.17. The van der Waals surface area contributed by atoms with Crippen LogP contribution in [0.4, 0.5) is 5.69 Å². The molecule has 0 aliphatic heterocycles. The molecule has 108 valence electrons. The number of carbonyl (C=O) groups is 1. The van der Waals surface area contributed by atoms with Crippen LogP contribution in [0.5, 0.6) is 0 Å². The van der Waals surface area contributed by atoms with Gasteiger partial charge in [-0.25, -0.2) is 0 Å². The van der Waals surface area contributed by atoms with Crippen LogP contribution in [0.1, 0.15) is 39.2 Å². The van der Waals surface area contributed by atoms with Crippen molar-refractivity contribution in [3.63, 3.8) is 0 Å². The monoisotopic (exact) mass is 273 g/mol. The van der Waals surface area contributed by atoms with Crippen molar-refractivity contribution in [2.24, 2.45) is 11.7 Å². The Morgan fingerprint density at radius 3 is 2.50 bits per heavy atom. The number of nitriles is 1. The Bertz CT molecular complexity index is 485. The lowest BCUT2D eigenvalue weighted by Crippen LogP contribution is -2.21. The highest BCUT2D eigenvalue weighted by atomic mass is 16.1. The van der Waals surface area contributed by atoms with E-state index in [1.165, 1.54) is 0 Å². The van der Waals surface area contributed by atoms with Gasteiger partial charge in [-0.05, 0) is 50.9 Å². The number of nitrogens with one attached hydrogen (secondary N) is 1. The van der Waals surface area contributed by atoms with Crippen LogP contribution in [0.3, 0.4) is 0 Å². The smallest absolute Gasteiger partial charge is 0.227 e. The molecule has 1 aromatic rings. The van der Waals surface area contributed by atoms with E-state index in [-0.39, 0.29) is 11.8 Å². The Morgan fingerprint density at radius 2 is 2.00 bits per heavy atom. The van der Waals surface area contributed by atoms with Gasteiger partial charge in [0.15, 0.2) is 0 Å². The SMILES string of the molecule is CC(CCCN)C(=O)Nc1ccc(C(C)(C)C#N)cc1. The highest BCUT2D eigenvalue weighted by Gasteiger charge is 2.19. The molecule has 4 nitrogen and oxygen atoms in total. The first kappa shape index (κ1) is 16.2. The molecule has 0 aliphatic rings. The maximum atomic E-state index is 12.0. The third-order valence-corrected chi connectivity index (χ3v) is 3.44. The summed E-state index contributed by atoms with van der Waals surface area (Å²) < 4.78 is 0. The molecule has 0 heterocycles. The van der Waals surface area contributed by atoms with Crippen LogP contribution in [0.15, 0.2) is 24.3 Å². The predicted molar refractivity (Wildman–Crippen MR) is 81.2 cm³/mol. The minimum Gasteiger partial charge on any atom is -0.330 e. The van der Waals surface area contributed by atoms with Gasteiger partial charge in [0.2, 0.25) is 5.91 Å². The summed E-state index contributed by atoms with van der Waals surface area (Å²) in [4.78, 5) is 12.0. The van der Waals surface area contributed by atoms with Crippen molar-refractivity contribution in [3.05, 3.63) is 29.8 Å². The summed E-state index contributed by atoms with van der Waals surface area (Å²) in [7, 11) is 0. The van der Waals surface area contributed by atoms with E-state index in [0.29, 0.717) is 6.54 Å². The second-order valence-electron chi connectivity index (χ2n) is 5.64. The largest absolute Gasteiger partial charge is 0.330 e. The highest BCUT2D eigenvalue weighted by Crippen LogP contribution is 2.23. The predicted octanol–water partition coefficient (Wildman–Crippen LogP) is 2.80. The second-order valence-corrected chi connectivity index (χ2v) is 5.64. The highest BCUT2D eigenvalue weighted by molar-refractivity contribution is 5.92. The van der Waals surface area contributed by atoms with Crippen molar-refractivity contribution in [3.8, 4) is 6.07 Å². The molecule has 1 aromatic carbocycles. The topological polar surface area (TPSA) is 78.9 Å². The van der Waals surface area contributed by atoms with Gasteiger partial charge in [-0.15, -0.1) is 0 Å². The Labute approximate surface area is 121 Å². The van der Waals surface area contributed by atoms with E-state index < -0.39 is 5.41 Å². The van der Waals surface area contributed by atoms with Crippen molar-refractivity contribution in [1.29, 1.82) is 5.26 Å². The van der Waals surface area contributed by atoms with E-state index in [2.05, 4.69) is 11.4 Å². The zero-order valence-corrected chi connectivity index (χ0v) is 12.4.